The van der Waals surface area contributed by atoms with E-state index in [2.05, 4.69) is 10.3 Å². The lowest BCUT2D eigenvalue weighted by atomic mass is 10.1. The van der Waals surface area contributed by atoms with E-state index in [1.165, 1.54) is 18.4 Å². The zero-order valence-electron chi connectivity index (χ0n) is 17.2. The molecule has 4 aromatic rings. The topological polar surface area (TPSA) is 114 Å². The van der Waals surface area contributed by atoms with Crippen LogP contribution in [-0.4, -0.2) is 23.6 Å². The molecule has 0 aliphatic rings. The van der Waals surface area contributed by atoms with Gasteiger partial charge in [-0.05, 0) is 61.5 Å². The Morgan fingerprint density at radius 2 is 1.91 bits per heavy atom. The number of hydrogen-bond acceptors (Lipinski definition) is 7. The van der Waals surface area contributed by atoms with E-state index in [4.69, 9.17) is 13.6 Å². The minimum absolute atomic E-state index is 0.0287. The summed E-state index contributed by atoms with van der Waals surface area (Å²) in [6.07, 6.45) is 1.53. The third kappa shape index (κ3) is 4.70. The lowest BCUT2D eigenvalue weighted by molar-refractivity contribution is 0.0526. The SMILES string of the molecule is CCOC(=O)c1ccc(N=c2oc3cc(O)ccc3cc2C(=O)NCc2ccco2)cc1. The van der Waals surface area contributed by atoms with Crippen LogP contribution in [0.3, 0.4) is 0 Å². The van der Waals surface area contributed by atoms with Gasteiger partial charge < -0.3 is 24.0 Å². The van der Waals surface area contributed by atoms with E-state index < -0.39 is 11.9 Å². The summed E-state index contributed by atoms with van der Waals surface area (Å²) in [6, 6.07) is 16.1. The molecule has 0 aliphatic heterocycles. The van der Waals surface area contributed by atoms with Crippen LogP contribution in [0, 0.1) is 0 Å². The Bertz CT molecular complexity index is 1320. The molecule has 0 spiro atoms. The largest absolute Gasteiger partial charge is 0.508 e. The lowest BCUT2D eigenvalue weighted by Gasteiger charge is -2.06. The van der Waals surface area contributed by atoms with Crippen molar-refractivity contribution in [3.05, 3.63) is 89.4 Å². The highest BCUT2D eigenvalue weighted by Gasteiger charge is 2.14. The summed E-state index contributed by atoms with van der Waals surface area (Å²) in [5, 5.41) is 13.2. The lowest BCUT2D eigenvalue weighted by Crippen LogP contribution is -2.28. The summed E-state index contributed by atoms with van der Waals surface area (Å²) < 4.78 is 16.1. The molecule has 0 fully saturated rings. The highest BCUT2D eigenvalue weighted by atomic mass is 16.5. The molecule has 0 saturated heterocycles. The van der Waals surface area contributed by atoms with Gasteiger partial charge in [0.1, 0.15) is 22.7 Å². The number of carbonyl (C=O) groups excluding carboxylic acids is 2. The van der Waals surface area contributed by atoms with Crippen LogP contribution in [-0.2, 0) is 11.3 Å². The Morgan fingerprint density at radius 3 is 2.62 bits per heavy atom. The smallest absolute Gasteiger partial charge is 0.338 e. The van der Waals surface area contributed by atoms with Crippen LogP contribution in [0.15, 0.2) is 80.8 Å². The number of nitrogens with one attached hydrogen (secondary N) is 1. The third-order valence-corrected chi connectivity index (χ3v) is 4.59. The van der Waals surface area contributed by atoms with Crippen molar-refractivity contribution in [1.29, 1.82) is 0 Å². The molecule has 2 aromatic heterocycles. The first-order valence-electron chi connectivity index (χ1n) is 9.93. The van der Waals surface area contributed by atoms with Crippen molar-refractivity contribution in [3.8, 4) is 5.75 Å². The summed E-state index contributed by atoms with van der Waals surface area (Å²) in [6.45, 7) is 2.22. The van der Waals surface area contributed by atoms with Crippen molar-refractivity contribution in [2.75, 3.05) is 6.61 Å². The Labute approximate surface area is 182 Å². The van der Waals surface area contributed by atoms with Crippen LogP contribution in [0.4, 0.5) is 5.69 Å². The molecule has 0 unspecified atom stereocenters. The number of amides is 1. The fourth-order valence-electron chi connectivity index (χ4n) is 3.03. The Hall–Kier alpha value is -4.33. The fraction of sp³-hybridized carbons (Fsp3) is 0.125. The zero-order chi connectivity index (χ0) is 22.5. The average Bonchev–Trinajstić information content (AvgIpc) is 3.31. The molecule has 162 valence electrons. The molecule has 0 atom stereocenters. The second-order valence-corrected chi connectivity index (χ2v) is 6.83. The first-order chi connectivity index (χ1) is 15.5. The van der Waals surface area contributed by atoms with Crippen molar-refractivity contribution in [3.63, 3.8) is 0 Å². The van der Waals surface area contributed by atoms with Crippen LogP contribution in [0.2, 0.25) is 0 Å². The van der Waals surface area contributed by atoms with Gasteiger partial charge in [-0.1, -0.05) is 0 Å². The first-order valence-corrected chi connectivity index (χ1v) is 9.93. The predicted octanol–water partition coefficient (Wildman–Crippen LogP) is 4.07. The molecule has 0 bridgehead atoms. The number of ether oxygens (including phenoxy) is 1. The molecule has 8 heteroatoms. The minimum atomic E-state index is -0.428. The van der Waals surface area contributed by atoms with Gasteiger partial charge in [0.15, 0.2) is 0 Å². The van der Waals surface area contributed by atoms with Gasteiger partial charge in [0, 0.05) is 11.5 Å². The van der Waals surface area contributed by atoms with E-state index in [-0.39, 0.29) is 30.0 Å². The van der Waals surface area contributed by atoms with Crippen LogP contribution in [0.25, 0.3) is 11.0 Å². The molecule has 4 rings (SSSR count). The molecule has 2 N–H and O–H groups in total. The van der Waals surface area contributed by atoms with Crippen molar-refractivity contribution < 1.29 is 28.3 Å². The molecule has 0 saturated carbocycles. The number of phenolic OH excluding ortho intramolecular Hbond substituents is 1. The number of aromatic hydroxyl groups is 1. The Kier molecular flexibility index (Phi) is 6.03. The molecule has 2 heterocycles. The van der Waals surface area contributed by atoms with E-state index >= 15 is 0 Å². The molecular formula is C24H20N2O6. The van der Waals surface area contributed by atoms with E-state index in [9.17, 15) is 14.7 Å². The van der Waals surface area contributed by atoms with E-state index in [1.54, 1.807) is 55.5 Å². The summed E-state index contributed by atoms with van der Waals surface area (Å²) >= 11 is 0. The maximum atomic E-state index is 12.9. The molecule has 0 radical (unpaired) electrons. The van der Waals surface area contributed by atoms with Crippen LogP contribution >= 0.6 is 0 Å². The van der Waals surface area contributed by atoms with Gasteiger partial charge in [0.05, 0.1) is 30.7 Å². The second kappa shape index (κ2) is 9.22. The molecule has 0 aliphatic carbocycles. The van der Waals surface area contributed by atoms with Gasteiger partial charge in [-0.25, -0.2) is 9.79 Å². The van der Waals surface area contributed by atoms with Crippen LogP contribution in [0.5, 0.6) is 5.75 Å². The predicted molar refractivity (Wildman–Crippen MR) is 115 cm³/mol. The highest BCUT2D eigenvalue weighted by Crippen LogP contribution is 2.20. The number of carbonyl (C=O) groups is 2. The van der Waals surface area contributed by atoms with E-state index in [0.29, 0.717) is 28.0 Å². The number of furan rings is 1. The summed E-state index contributed by atoms with van der Waals surface area (Å²) in [4.78, 5) is 29.2. The second-order valence-electron chi connectivity index (χ2n) is 6.83. The van der Waals surface area contributed by atoms with Crippen molar-refractivity contribution in [1.82, 2.24) is 5.32 Å². The van der Waals surface area contributed by atoms with Crippen molar-refractivity contribution >= 4 is 28.5 Å². The number of hydrogen-bond donors (Lipinski definition) is 2. The van der Waals surface area contributed by atoms with E-state index in [1.807, 2.05) is 0 Å². The number of rotatable bonds is 6. The van der Waals surface area contributed by atoms with Crippen molar-refractivity contribution in [2.24, 2.45) is 4.99 Å². The number of phenols is 1. The van der Waals surface area contributed by atoms with Gasteiger partial charge in [-0.3, -0.25) is 4.79 Å². The summed E-state index contributed by atoms with van der Waals surface area (Å²) in [5.74, 6) is -0.194. The zero-order valence-corrected chi connectivity index (χ0v) is 17.2. The van der Waals surface area contributed by atoms with Crippen LogP contribution < -0.4 is 10.9 Å². The number of fused-ring (bicyclic) bond motifs is 1. The Morgan fingerprint density at radius 1 is 1.09 bits per heavy atom. The highest BCUT2D eigenvalue weighted by molar-refractivity contribution is 5.96. The maximum absolute atomic E-state index is 12.9. The number of nitrogens with zero attached hydrogens (tertiary/aromatic N) is 1. The molecule has 32 heavy (non-hydrogen) atoms. The monoisotopic (exact) mass is 432 g/mol. The standard InChI is InChI=1S/C24H20N2O6/c1-2-30-24(29)15-5-8-17(9-6-15)26-23-20(22(28)25-14-19-4-3-11-31-19)12-16-7-10-18(27)13-21(16)32-23/h3-13,27H,2,14H2,1H3,(H,25,28). The van der Waals surface area contributed by atoms with Crippen molar-refractivity contribution in [2.45, 2.75) is 13.5 Å². The molecule has 1 amide bonds. The number of esters is 1. The van der Waals surface area contributed by atoms with Crippen LogP contribution in [0.1, 0.15) is 33.4 Å². The normalized spacial score (nSPS) is 11.5. The first kappa shape index (κ1) is 20.9. The van der Waals surface area contributed by atoms with Gasteiger partial charge in [0.25, 0.3) is 5.91 Å². The quantitative estimate of drug-likeness (QED) is 0.444. The fourth-order valence-corrected chi connectivity index (χ4v) is 3.03. The van der Waals surface area contributed by atoms with Gasteiger partial charge in [-0.2, -0.15) is 0 Å². The summed E-state index contributed by atoms with van der Waals surface area (Å²) in [7, 11) is 0. The van der Waals surface area contributed by atoms with Gasteiger partial charge in [0.2, 0.25) is 5.55 Å². The third-order valence-electron chi connectivity index (χ3n) is 4.59. The molecule has 2 aromatic carbocycles. The minimum Gasteiger partial charge on any atom is -0.508 e. The van der Waals surface area contributed by atoms with E-state index in [0.717, 1.165) is 0 Å². The summed E-state index contributed by atoms with van der Waals surface area (Å²) in [5.41, 5.74) is 1.51. The van der Waals surface area contributed by atoms with Gasteiger partial charge >= 0.3 is 5.97 Å². The molecular weight excluding hydrogens is 412 g/mol. The average molecular weight is 432 g/mol. The maximum Gasteiger partial charge on any atom is 0.338 e. The van der Waals surface area contributed by atoms with Gasteiger partial charge in [-0.15, -0.1) is 0 Å². The number of benzene rings is 2. The Balaban J connectivity index is 1.73. The molecule has 8 nitrogen and oxygen atoms in total.